The van der Waals surface area contributed by atoms with Gasteiger partial charge in [-0.05, 0) is 58.5 Å². The van der Waals surface area contributed by atoms with Gasteiger partial charge in [-0.3, -0.25) is 9.53 Å². The van der Waals surface area contributed by atoms with Crippen LogP contribution in [0.3, 0.4) is 0 Å². The molecule has 144 valence electrons. The summed E-state index contributed by atoms with van der Waals surface area (Å²) >= 11 is 5.86. The quantitative estimate of drug-likeness (QED) is 0.544. The van der Waals surface area contributed by atoms with Crippen molar-refractivity contribution in [3.63, 3.8) is 0 Å². The van der Waals surface area contributed by atoms with E-state index >= 15 is 0 Å². The molecule has 0 fully saturated rings. The number of halogens is 1. The summed E-state index contributed by atoms with van der Waals surface area (Å²) in [6.07, 6.45) is 5.12. The zero-order chi connectivity index (χ0) is 19.5. The van der Waals surface area contributed by atoms with Crippen LogP contribution in [0, 0.1) is 5.92 Å². The van der Waals surface area contributed by atoms with Crippen LogP contribution < -0.4 is 5.32 Å². The van der Waals surface area contributed by atoms with E-state index in [1.165, 1.54) is 10.9 Å². The van der Waals surface area contributed by atoms with E-state index in [1.807, 2.05) is 18.2 Å². The molecule has 3 unspecified atom stereocenters. The Morgan fingerprint density at radius 2 is 1.71 bits per heavy atom. The predicted molar refractivity (Wildman–Crippen MR) is 120 cm³/mol. The van der Waals surface area contributed by atoms with E-state index in [1.54, 1.807) is 0 Å². The van der Waals surface area contributed by atoms with Gasteiger partial charge in [0.1, 0.15) is 5.37 Å². The topological polar surface area (TPSA) is 29.1 Å². The van der Waals surface area contributed by atoms with Gasteiger partial charge in [-0.2, -0.15) is 0 Å². The molecule has 2 nitrogen and oxygen atoms in total. The Morgan fingerprint density at radius 1 is 1.04 bits per heavy atom. The molecule has 0 bridgehead atoms. The third-order valence-corrected chi connectivity index (χ3v) is 7.09. The van der Waals surface area contributed by atoms with Crippen LogP contribution in [0.15, 0.2) is 71.6 Å². The maximum atomic E-state index is 13.1. The maximum Gasteiger partial charge on any atom is 0.107 e. The van der Waals surface area contributed by atoms with Gasteiger partial charge in [-0.1, -0.05) is 67.6 Å². The van der Waals surface area contributed by atoms with Crippen LogP contribution in [-0.2, 0) is 23.1 Å². The average Bonchev–Trinajstić information content (AvgIpc) is 2.73. The van der Waals surface area contributed by atoms with Crippen molar-refractivity contribution in [2.75, 3.05) is 6.54 Å². The van der Waals surface area contributed by atoms with Crippen molar-refractivity contribution in [1.29, 1.82) is 0 Å². The van der Waals surface area contributed by atoms with E-state index in [9.17, 15) is 4.21 Å². The van der Waals surface area contributed by atoms with Crippen molar-refractivity contribution in [2.24, 2.45) is 5.92 Å². The predicted octanol–water partition coefficient (Wildman–Crippen LogP) is 5.51. The molecule has 1 aliphatic heterocycles. The number of hydrogen-bond donors (Lipinski definition) is 1. The third kappa shape index (κ3) is 4.22. The van der Waals surface area contributed by atoms with Gasteiger partial charge in [-0.15, -0.1) is 11.6 Å². The Hall–Kier alpha value is -1.94. The fraction of sp³-hybridized carbons (Fsp3) is 0.250. The van der Waals surface area contributed by atoms with Gasteiger partial charge >= 0.3 is 0 Å². The summed E-state index contributed by atoms with van der Waals surface area (Å²) in [5.74, 6) is 0.999. The van der Waals surface area contributed by atoms with Crippen LogP contribution in [0.1, 0.15) is 23.6 Å². The molecule has 28 heavy (non-hydrogen) atoms. The Bertz CT molecular complexity index is 1030. The molecule has 0 saturated heterocycles. The van der Waals surface area contributed by atoms with Crippen LogP contribution in [-0.4, -0.2) is 16.1 Å². The summed E-state index contributed by atoms with van der Waals surface area (Å²) in [6.45, 7) is 3.04. The molecular formula is C24H24ClNOS. The molecule has 3 aromatic carbocycles. The largest absolute Gasteiger partial charge is 0.299 e. The van der Waals surface area contributed by atoms with E-state index < -0.39 is 10.8 Å². The van der Waals surface area contributed by atoms with Gasteiger partial charge in [-0.25, -0.2) is 0 Å². The van der Waals surface area contributed by atoms with E-state index in [0.29, 0.717) is 11.8 Å². The molecule has 3 aromatic rings. The highest BCUT2D eigenvalue weighted by Gasteiger charge is 2.22. The zero-order valence-corrected chi connectivity index (χ0v) is 17.5. The minimum Gasteiger partial charge on any atom is -0.299 e. The standard InChI is InChI=1S/C24H24ClNOS/c1-17(12-18-6-8-19(15-25)9-7-18)16-26-24-11-10-22-13-20-4-2-3-5-21(20)14-23(22)28(24)27/h2-11,13-14,17,24,26H,12,15-16H2,1H3. The molecule has 4 rings (SSSR count). The molecule has 0 aliphatic carbocycles. The first-order chi connectivity index (χ1) is 13.6. The zero-order valence-electron chi connectivity index (χ0n) is 15.9. The molecule has 3 atom stereocenters. The fourth-order valence-corrected chi connectivity index (χ4v) is 5.16. The van der Waals surface area contributed by atoms with E-state index in [4.69, 9.17) is 11.6 Å². The molecular weight excluding hydrogens is 386 g/mol. The van der Waals surface area contributed by atoms with E-state index in [2.05, 4.69) is 66.8 Å². The van der Waals surface area contributed by atoms with Crippen molar-refractivity contribution < 1.29 is 4.21 Å². The molecule has 0 saturated carbocycles. The van der Waals surface area contributed by atoms with Crippen molar-refractivity contribution in [3.05, 3.63) is 83.4 Å². The summed E-state index contributed by atoms with van der Waals surface area (Å²) in [7, 11) is -1.09. The summed E-state index contributed by atoms with van der Waals surface area (Å²) in [5.41, 5.74) is 3.51. The third-order valence-electron chi connectivity index (χ3n) is 5.21. The lowest BCUT2D eigenvalue weighted by atomic mass is 10.0. The lowest BCUT2D eigenvalue weighted by Crippen LogP contribution is -2.36. The number of hydrogen-bond acceptors (Lipinski definition) is 2. The van der Waals surface area contributed by atoms with Gasteiger partial charge in [0.2, 0.25) is 0 Å². The second-order valence-electron chi connectivity index (χ2n) is 7.48. The van der Waals surface area contributed by atoms with Crippen molar-refractivity contribution in [2.45, 2.75) is 29.5 Å². The fourth-order valence-electron chi connectivity index (χ4n) is 3.64. The first-order valence-corrected chi connectivity index (χ1v) is 11.4. The summed E-state index contributed by atoms with van der Waals surface area (Å²) < 4.78 is 13.1. The highest BCUT2D eigenvalue weighted by molar-refractivity contribution is 7.86. The Morgan fingerprint density at radius 3 is 2.43 bits per heavy atom. The van der Waals surface area contributed by atoms with Crippen LogP contribution >= 0.6 is 11.6 Å². The van der Waals surface area contributed by atoms with Crippen molar-refractivity contribution in [1.82, 2.24) is 5.32 Å². The number of nitrogens with one attached hydrogen (secondary N) is 1. The lowest BCUT2D eigenvalue weighted by molar-refractivity contribution is 0.515. The van der Waals surface area contributed by atoms with Crippen LogP contribution in [0.5, 0.6) is 0 Å². The summed E-state index contributed by atoms with van der Waals surface area (Å²) in [4.78, 5) is 0.919. The summed E-state index contributed by atoms with van der Waals surface area (Å²) in [6, 6.07) is 20.9. The highest BCUT2D eigenvalue weighted by Crippen LogP contribution is 2.28. The molecule has 0 spiro atoms. The average molecular weight is 410 g/mol. The number of rotatable bonds is 6. The highest BCUT2D eigenvalue weighted by atomic mass is 35.5. The Balaban J connectivity index is 1.41. The number of fused-ring (bicyclic) bond motifs is 2. The van der Waals surface area contributed by atoms with Gasteiger partial charge in [0, 0.05) is 10.8 Å². The summed E-state index contributed by atoms with van der Waals surface area (Å²) in [5, 5.41) is 5.67. The lowest BCUT2D eigenvalue weighted by Gasteiger charge is -2.22. The van der Waals surface area contributed by atoms with Crippen LogP contribution in [0.25, 0.3) is 16.8 Å². The molecule has 0 amide bonds. The van der Waals surface area contributed by atoms with Gasteiger partial charge < -0.3 is 0 Å². The second-order valence-corrected chi connectivity index (χ2v) is 9.29. The van der Waals surface area contributed by atoms with Crippen molar-refractivity contribution >= 4 is 39.2 Å². The number of benzene rings is 3. The molecule has 0 radical (unpaired) electrons. The first-order valence-electron chi connectivity index (χ1n) is 9.63. The monoisotopic (exact) mass is 409 g/mol. The Labute approximate surface area is 174 Å². The molecule has 0 aromatic heterocycles. The van der Waals surface area contributed by atoms with Gasteiger partial charge in [0.05, 0.1) is 10.8 Å². The van der Waals surface area contributed by atoms with E-state index in [-0.39, 0.29) is 5.37 Å². The molecule has 1 heterocycles. The molecule has 1 aliphatic rings. The van der Waals surface area contributed by atoms with Crippen LogP contribution in [0.4, 0.5) is 0 Å². The number of alkyl halides is 1. The SMILES string of the molecule is CC(CNC1C=Cc2cc3ccccc3cc2S1=O)Cc1ccc(CCl)cc1. The molecule has 1 N–H and O–H groups in total. The maximum absolute atomic E-state index is 13.1. The molecule has 4 heteroatoms. The normalized spacial score (nSPS) is 19.5. The van der Waals surface area contributed by atoms with Crippen molar-refractivity contribution in [3.8, 4) is 0 Å². The minimum absolute atomic E-state index is 0.144. The van der Waals surface area contributed by atoms with Gasteiger partial charge in [0.25, 0.3) is 0 Å². The van der Waals surface area contributed by atoms with E-state index in [0.717, 1.165) is 34.4 Å². The van der Waals surface area contributed by atoms with Crippen LogP contribution in [0.2, 0.25) is 0 Å². The smallest absolute Gasteiger partial charge is 0.107 e. The first kappa shape index (κ1) is 19.4. The van der Waals surface area contributed by atoms with Gasteiger partial charge in [0.15, 0.2) is 0 Å². The minimum atomic E-state index is -1.09. The second kappa shape index (κ2) is 8.60. The Kier molecular flexibility index (Phi) is 5.96.